The molecular formula is C17H16F3N5O. The zero-order valence-electron chi connectivity index (χ0n) is 13.9. The molecule has 0 fully saturated rings. The van der Waals surface area contributed by atoms with Gasteiger partial charge >= 0.3 is 6.36 Å². The highest BCUT2D eigenvalue weighted by Crippen LogP contribution is 2.32. The number of aromatic nitrogens is 4. The summed E-state index contributed by atoms with van der Waals surface area (Å²) in [4.78, 5) is 8.75. The minimum absolute atomic E-state index is 0.264. The number of benzene rings is 1. The first-order valence-corrected chi connectivity index (χ1v) is 8.23. The van der Waals surface area contributed by atoms with Crippen molar-refractivity contribution in [3.8, 4) is 5.75 Å². The Balaban J connectivity index is 1.68. The van der Waals surface area contributed by atoms with Crippen molar-refractivity contribution < 1.29 is 17.9 Å². The molecule has 9 heteroatoms. The molecule has 4 rings (SSSR count). The third-order valence-electron chi connectivity index (χ3n) is 4.39. The third kappa shape index (κ3) is 3.29. The Morgan fingerprint density at radius 3 is 2.73 bits per heavy atom. The summed E-state index contributed by atoms with van der Waals surface area (Å²) in [5.41, 5.74) is 2.68. The normalized spacial score (nSPS) is 17.2. The van der Waals surface area contributed by atoms with Gasteiger partial charge in [-0.1, -0.05) is 6.92 Å². The first kappa shape index (κ1) is 16.6. The molecule has 6 nitrogen and oxygen atoms in total. The van der Waals surface area contributed by atoms with Gasteiger partial charge in [0.1, 0.15) is 17.9 Å². The van der Waals surface area contributed by atoms with Gasteiger partial charge in [0.25, 0.3) is 5.78 Å². The number of hydrogen-bond donors (Lipinski definition) is 1. The third-order valence-corrected chi connectivity index (χ3v) is 4.39. The molecule has 0 saturated heterocycles. The largest absolute Gasteiger partial charge is 0.573 e. The van der Waals surface area contributed by atoms with Gasteiger partial charge in [0.05, 0.1) is 5.69 Å². The van der Waals surface area contributed by atoms with Gasteiger partial charge in [-0.25, -0.2) is 4.98 Å². The molecule has 2 heterocycles. The number of nitrogens with one attached hydrogen (secondary N) is 1. The van der Waals surface area contributed by atoms with Crippen molar-refractivity contribution in [1.29, 1.82) is 0 Å². The van der Waals surface area contributed by atoms with Crippen LogP contribution in [0.25, 0.3) is 5.78 Å². The highest BCUT2D eigenvalue weighted by molar-refractivity contribution is 5.63. The predicted octanol–water partition coefficient (Wildman–Crippen LogP) is 3.89. The van der Waals surface area contributed by atoms with Crippen LogP contribution in [-0.2, 0) is 12.8 Å². The van der Waals surface area contributed by atoms with Gasteiger partial charge in [0, 0.05) is 11.3 Å². The fourth-order valence-corrected chi connectivity index (χ4v) is 3.18. The fraction of sp³-hybridized carbons (Fsp3) is 0.353. The molecule has 1 atom stereocenters. The average molecular weight is 363 g/mol. The molecule has 0 saturated carbocycles. The molecular weight excluding hydrogens is 347 g/mol. The van der Waals surface area contributed by atoms with E-state index in [4.69, 9.17) is 0 Å². The summed E-state index contributed by atoms with van der Waals surface area (Å²) >= 11 is 0. The monoisotopic (exact) mass is 363 g/mol. The predicted molar refractivity (Wildman–Crippen MR) is 88.4 cm³/mol. The first-order chi connectivity index (χ1) is 12.4. The van der Waals surface area contributed by atoms with Gasteiger partial charge in [0.15, 0.2) is 0 Å². The van der Waals surface area contributed by atoms with Gasteiger partial charge < -0.3 is 10.1 Å². The molecule has 0 amide bonds. The molecule has 0 radical (unpaired) electrons. The van der Waals surface area contributed by atoms with Crippen molar-refractivity contribution in [2.45, 2.75) is 32.5 Å². The Kier molecular flexibility index (Phi) is 3.93. The highest BCUT2D eigenvalue weighted by Gasteiger charge is 2.31. The lowest BCUT2D eigenvalue weighted by Crippen LogP contribution is -2.18. The zero-order chi connectivity index (χ0) is 18.3. The number of halogens is 3. The van der Waals surface area contributed by atoms with E-state index >= 15 is 0 Å². The van der Waals surface area contributed by atoms with Gasteiger partial charge in [0.2, 0.25) is 0 Å². The molecule has 136 valence electrons. The van der Waals surface area contributed by atoms with Crippen LogP contribution in [0.5, 0.6) is 5.75 Å². The van der Waals surface area contributed by atoms with Gasteiger partial charge in [-0.2, -0.15) is 14.6 Å². The van der Waals surface area contributed by atoms with Crippen molar-refractivity contribution >= 4 is 17.3 Å². The van der Waals surface area contributed by atoms with Crippen LogP contribution in [-0.4, -0.2) is 25.9 Å². The molecule has 26 heavy (non-hydrogen) atoms. The molecule has 1 aliphatic carbocycles. The topological polar surface area (TPSA) is 64.3 Å². The molecule has 0 aliphatic heterocycles. The number of fused-ring (bicyclic) bond motifs is 2. The molecule has 0 spiro atoms. The van der Waals surface area contributed by atoms with E-state index in [9.17, 15) is 13.2 Å². The molecule has 1 aliphatic rings. The average Bonchev–Trinajstić information content (AvgIpc) is 3.03. The van der Waals surface area contributed by atoms with Gasteiger partial charge in [-0.05, 0) is 49.4 Å². The maximum Gasteiger partial charge on any atom is 0.573 e. The summed E-state index contributed by atoms with van der Waals surface area (Å²) in [7, 11) is 0. The summed E-state index contributed by atoms with van der Waals surface area (Å²) in [6, 6.07) is 5.60. The lowest BCUT2D eigenvalue weighted by atomic mass is 9.88. The van der Waals surface area contributed by atoms with E-state index < -0.39 is 6.36 Å². The first-order valence-electron chi connectivity index (χ1n) is 8.23. The Labute approximate surface area is 147 Å². The van der Waals surface area contributed by atoms with Crippen LogP contribution < -0.4 is 10.1 Å². The Hall–Kier alpha value is -2.84. The maximum atomic E-state index is 12.3. The highest BCUT2D eigenvalue weighted by atomic mass is 19.4. The van der Waals surface area contributed by atoms with E-state index in [0.717, 1.165) is 36.3 Å². The second-order valence-electron chi connectivity index (χ2n) is 6.40. The summed E-state index contributed by atoms with van der Waals surface area (Å²) in [5.74, 6) is 1.53. The smallest absolute Gasteiger partial charge is 0.406 e. The van der Waals surface area contributed by atoms with E-state index in [2.05, 4.69) is 32.0 Å². The molecule has 2 aromatic heterocycles. The van der Waals surface area contributed by atoms with Crippen LogP contribution in [0.3, 0.4) is 0 Å². The van der Waals surface area contributed by atoms with Crippen molar-refractivity contribution in [1.82, 2.24) is 19.6 Å². The number of rotatable bonds is 3. The lowest BCUT2D eigenvalue weighted by Gasteiger charge is -2.23. The molecule has 1 aromatic carbocycles. The molecule has 0 bridgehead atoms. The lowest BCUT2D eigenvalue weighted by molar-refractivity contribution is -0.274. The van der Waals surface area contributed by atoms with Crippen LogP contribution in [0.4, 0.5) is 24.7 Å². The summed E-state index contributed by atoms with van der Waals surface area (Å²) in [6.45, 7) is 2.19. The summed E-state index contributed by atoms with van der Waals surface area (Å²) in [6.07, 6.45) is -0.504. The van der Waals surface area contributed by atoms with Crippen LogP contribution in [0, 0.1) is 5.92 Å². The molecule has 0 unspecified atom stereocenters. The number of alkyl halides is 3. The van der Waals surface area contributed by atoms with Crippen molar-refractivity contribution in [3.05, 3.63) is 41.9 Å². The van der Waals surface area contributed by atoms with Crippen molar-refractivity contribution in [3.63, 3.8) is 0 Å². The van der Waals surface area contributed by atoms with E-state index in [-0.39, 0.29) is 5.75 Å². The van der Waals surface area contributed by atoms with Crippen LogP contribution in [0.2, 0.25) is 0 Å². The van der Waals surface area contributed by atoms with Crippen LogP contribution in [0.15, 0.2) is 30.6 Å². The van der Waals surface area contributed by atoms with Crippen molar-refractivity contribution in [2.24, 2.45) is 5.92 Å². The standard InChI is InChI=1S/C17H16F3N5O/c1-10-2-7-13-14(8-10)24-16-21-9-22-25(16)15(13)23-11-3-5-12(6-4-11)26-17(18,19)20/h3-6,9-10,23H,2,7-8H2,1H3/t10-/m1/s1. The SMILES string of the molecule is C[C@@H]1CCc2c(nc3ncnn3c2Nc2ccc(OC(F)(F)F)cc2)C1. The maximum absolute atomic E-state index is 12.3. The zero-order valence-corrected chi connectivity index (χ0v) is 13.9. The number of nitrogens with zero attached hydrogens (tertiary/aromatic N) is 4. The Morgan fingerprint density at radius 2 is 2.00 bits per heavy atom. The molecule has 1 N–H and O–H groups in total. The Bertz CT molecular complexity index is 936. The second-order valence-corrected chi connectivity index (χ2v) is 6.40. The van der Waals surface area contributed by atoms with Crippen molar-refractivity contribution in [2.75, 3.05) is 5.32 Å². The van der Waals surface area contributed by atoms with Gasteiger partial charge in [-0.3, -0.25) is 0 Å². The summed E-state index contributed by atoms with van der Waals surface area (Å²) in [5, 5.41) is 7.46. The number of hydrogen-bond acceptors (Lipinski definition) is 5. The minimum Gasteiger partial charge on any atom is -0.406 e. The Morgan fingerprint density at radius 1 is 1.23 bits per heavy atom. The van der Waals surface area contributed by atoms with Gasteiger partial charge in [-0.15, -0.1) is 13.2 Å². The van der Waals surface area contributed by atoms with Crippen LogP contribution in [0.1, 0.15) is 24.6 Å². The van der Waals surface area contributed by atoms with E-state index in [1.54, 1.807) is 4.52 Å². The molecule has 3 aromatic rings. The number of ether oxygens (including phenoxy) is 1. The van der Waals surface area contributed by atoms with Crippen LogP contribution >= 0.6 is 0 Å². The quantitative estimate of drug-likeness (QED) is 0.765. The van der Waals surface area contributed by atoms with E-state index in [1.165, 1.54) is 30.6 Å². The minimum atomic E-state index is -4.71. The summed E-state index contributed by atoms with van der Waals surface area (Å²) < 4.78 is 42.4. The van der Waals surface area contributed by atoms with E-state index in [1.807, 2.05) is 0 Å². The number of anilines is 2. The second kappa shape index (κ2) is 6.15. The van der Waals surface area contributed by atoms with E-state index in [0.29, 0.717) is 17.4 Å². The fourth-order valence-electron chi connectivity index (χ4n) is 3.18.